The van der Waals surface area contributed by atoms with Crippen molar-refractivity contribution >= 4 is 21.6 Å². The summed E-state index contributed by atoms with van der Waals surface area (Å²) >= 11 is 3.45. The molecule has 2 rings (SSSR count). The highest BCUT2D eigenvalue weighted by atomic mass is 79.9. The van der Waals surface area contributed by atoms with Crippen LogP contribution in [0.1, 0.15) is 27.7 Å². The second-order valence-corrected chi connectivity index (χ2v) is 6.99. The second-order valence-electron chi connectivity index (χ2n) is 6.08. The quantitative estimate of drug-likeness (QED) is 0.868. The fourth-order valence-corrected chi connectivity index (χ4v) is 2.34. The lowest BCUT2D eigenvalue weighted by molar-refractivity contribution is 0.200. The summed E-state index contributed by atoms with van der Waals surface area (Å²) in [6, 6.07) is 5.71. The highest BCUT2D eigenvalue weighted by molar-refractivity contribution is 9.10. The summed E-state index contributed by atoms with van der Waals surface area (Å²) in [5.41, 5.74) is 7.60. The van der Waals surface area contributed by atoms with Gasteiger partial charge in [-0.3, -0.25) is 0 Å². The number of benzene rings is 1. The lowest BCUT2D eigenvalue weighted by atomic mass is 9.81. The van der Waals surface area contributed by atoms with Crippen molar-refractivity contribution in [3.8, 4) is 11.4 Å². The van der Waals surface area contributed by atoms with Crippen LogP contribution in [0, 0.1) is 11.3 Å². The number of nitrogen functional groups attached to an aromatic ring is 1. The van der Waals surface area contributed by atoms with Crippen LogP contribution in [0.15, 0.2) is 22.7 Å². The molecule has 108 valence electrons. The van der Waals surface area contributed by atoms with E-state index >= 15 is 0 Å². The van der Waals surface area contributed by atoms with Gasteiger partial charge in [-0.2, -0.15) is 0 Å². The van der Waals surface area contributed by atoms with Gasteiger partial charge in [0.1, 0.15) is 0 Å². The molecule has 6 heteroatoms. The molecule has 0 aliphatic rings. The Hall–Kier alpha value is -1.43. The molecule has 0 radical (unpaired) electrons. The third-order valence-electron chi connectivity index (χ3n) is 3.83. The second kappa shape index (κ2) is 5.52. The number of halogens is 1. The Morgan fingerprint density at radius 3 is 2.60 bits per heavy atom. The molecule has 0 saturated carbocycles. The monoisotopic (exact) mass is 337 g/mol. The summed E-state index contributed by atoms with van der Waals surface area (Å²) in [7, 11) is 0. The summed E-state index contributed by atoms with van der Waals surface area (Å²) in [4.78, 5) is 0. The van der Waals surface area contributed by atoms with E-state index in [4.69, 9.17) is 5.73 Å². The first-order valence-electron chi connectivity index (χ1n) is 6.62. The molecule has 2 aromatic rings. The lowest BCUT2D eigenvalue weighted by Gasteiger charge is -2.29. The molecule has 5 nitrogen and oxygen atoms in total. The fraction of sp³-hybridized carbons (Fsp3) is 0.500. The van der Waals surface area contributed by atoms with Crippen LogP contribution in [-0.2, 0) is 6.54 Å². The van der Waals surface area contributed by atoms with E-state index in [1.165, 1.54) is 0 Å². The summed E-state index contributed by atoms with van der Waals surface area (Å²) in [5.74, 6) is 1.28. The van der Waals surface area contributed by atoms with Gasteiger partial charge < -0.3 is 5.73 Å². The first kappa shape index (κ1) is 15.0. The van der Waals surface area contributed by atoms with E-state index in [1.807, 2.05) is 22.9 Å². The largest absolute Gasteiger partial charge is 0.399 e. The molecule has 0 atom stereocenters. The molecule has 0 amide bonds. The Balaban J connectivity index is 2.38. The maximum absolute atomic E-state index is 5.88. The number of hydrogen-bond acceptors (Lipinski definition) is 4. The van der Waals surface area contributed by atoms with Crippen molar-refractivity contribution in [2.75, 3.05) is 5.73 Å². The minimum atomic E-state index is 0.113. The average molecular weight is 338 g/mol. The zero-order valence-electron chi connectivity index (χ0n) is 12.3. The molecule has 1 aromatic heterocycles. The van der Waals surface area contributed by atoms with Gasteiger partial charge in [-0.15, -0.1) is 5.10 Å². The van der Waals surface area contributed by atoms with Crippen molar-refractivity contribution < 1.29 is 0 Å². The highest BCUT2D eigenvalue weighted by Gasteiger charge is 2.25. The van der Waals surface area contributed by atoms with E-state index in [2.05, 4.69) is 59.2 Å². The van der Waals surface area contributed by atoms with Gasteiger partial charge in [-0.25, -0.2) is 4.68 Å². The predicted octanol–water partition coefficient (Wildman–Crippen LogP) is 3.37. The number of nitrogens with zero attached hydrogens (tertiary/aromatic N) is 4. The Morgan fingerprint density at radius 1 is 1.30 bits per heavy atom. The summed E-state index contributed by atoms with van der Waals surface area (Å²) in [6.07, 6.45) is 0. The summed E-state index contributed by atoms with van der Waals surface area (Å²) in [5, 5.41) is 12.1. The Kier molecular flexibility index (Phi) is 4.13. The fourth-order valence-electron chi connectivity index (χ4n) is 1.83. The molecule has 0 saturated heterocycles. The molecule has 0 aliphatic carbocycles. The normalized spacial score (nSPS) is 12.1. The minimum Gasteiger partial charge on any atom is -0.399 e. The number of anilines is 1. The van der Waals surface area contributed by atoms with Gasteiger partial charge in [0.25, 0.3) is 0 Å². The Bertz CT molecular complexity index is 583. The van der Waals surface area contributed by atoms with Gasteiger partial charge in [0.2, 0.25) is 0 Å². The molecular formula is C14H20BrN5. The minimum absolute atomic E-state index is 0.113. The van der Waals surface area contributed by atoms with Gasteiger partial charge in [0, 0.05) is 15.7 Å². The van der Waals surface area contributed by atoms with Crippen LogP contribution in [0.5, 0.6) is 0 Å². The molecule has 0 bridgehead atoms. The smallest absolute Gasteiger partial charge is 0.182 e. The number of nitrogens with two attached hydrogens (primary N) is 1. The van der Waals surface area contributed by atoms with E-state index in [-0.39, 0.29) is 5.41 Å². The Labute approximate surface area is 127 Å². The topological polar surface area (TPSA) is 69.6 Å². The van der Waals surface area contributed by atoms with Gasteiger partial charge in [0.15, 0.2) is 5.82 Å². The van der Waals surface area contributed by atoms with E-state index in [0.717, 1.165) is 22.4 Å². The van der Waals surface area contributed by atoms with Crippen LogP contribution in [0.2, 0.25) is 0 Å². The number of hydrogen-bond donors (Lipinski definition) is 1. The molecule has 0 fully saturated rings. The van der Waals surface area contributed by atoms with Crippen molar-refractivity contribution in [3.05, 3.63) is 22.7 Å². The molecule has 0 spiro atoms. The van der Waals surface area contributed by atoms with Crippen molar-refractivity contribution in [3.63, 3.8) is 0 Å². The summed E-state index contributed by atoms with van der Waals surface area (Å²) < 4.78 is 2.77. The molecule has 1 heterocycles. The molecule has 1 aromatic carbocycles. The molecule has 20 heavy (non-hydrogen) atoms. The predicted molar refractivity (Wildman–Crippen MR) is 84.0 cm³/mol. The first-order chi connectivity index (χ1) is 9.29. The number of tetrazole rings is 1. The van der Waals surface area contributed by atoms with Crippen LogP contribution >= 0.6 is 15.9 Å². The maximum atomic E-state index is 5.88. The van der Waals surface area contributed by atoms with Crippen LogP contribution in [0.4, 0.5) is 5.69 Å². The van der Waals surface area contributed by atoms with E-state index < -0.39 is 0 Å². The van der Waals surface area contributed by atoms with E-state index in [1.54, 1.807) is 0 Å². The first-order valence-corrected chi connectivity index (χ1v) is 7.41. The van der Waals surface area contributed by atoms with Crippen molar-refractivity contribution in [2.45, 2.75) is 34.2 Å². The van der Waals surface area contributed by atoms with Crippen molar-refractivity contribution in [1.29, 1.82) is 0 Å². The van der Waals surface area contributed by atoms with Gasteiger partial charge >= 0.3 is 0 Å². The van der Waals surface area contributed by atoms with Crippen molar-refractivity contribution in [1.82, 2.24) is 20.2 Å². The molecule has 2 N–H and O–H groups in total. The molecular weight excluding hydrogens is 318 g/mol. The average Bonchev–Trinajstić information content (AvgIpc) is 2.74. The zero-order chi connectivity index (χ0) is 14.9. The van der Waals surface area contributed by atoms with E-state index in [0.29, 0.717) is 11.6 Å². The van der Waals surface area contributed by atoms with Crippen molar-refractivity contribution in [2.24, 2.45) is 11.3 Å². The van der Waals surface area contributed by atoms with Crippen LogP contribution in [0.3, 0.4) is 0 Å². The van der Waals surface area contributed by atoms with Gasteiger partial charge in [0.05, 0.1) is 6.54 Å². The highest BCUT2D eigenvalue weighted by Crippen LogP contribution is 2.30. The van der Waals surface area contributed by atoms with Gasteiger partial charge in [-0.1, -0.05) is 43.6 Å². The molecule has 0 unspecified atom stereocenters. The van der Waals surface area contributed by atoms with Gasteiger partial charge in [-0.05, 0) is 40.0 Å². The molecule has 0 aliphatic heterocycles. The third kappa shape index (κ3) is 3.17. The zero-order valence-corrected chi connectivity index (χ0v) is 13.8. The third-order valence-corrected chi connectivity index (χ3v) is 4.29. The maximum Gasteiger partial charge on any atom is 0.182 e. The lowest BCUT2D eigenvalue weighted by Crippen LogP contribution is -2.26. The van der Waals surface area contributed by atoms with E-state index in [9.17, 15) is 0 Å². The summed E-state index contributed by atoms with van der Waals surface area (Å²) in [6.45, 7) is 9.62. The standard InChI is InChI=1S/C14H20BrN5/c1-9(2)14(3,4)8-20-13(17-18-19-20)10-5-11(15)7-12(16)6-10/h5-7,9H,8,16H2,1-4H3. The van der Waals surface area contributed by atoms with Crippen LogP contribution in [0.25, 0.3) is 11.4 Å². The Morgan fingerprint density at radius 2 is 2.00 bits per heavy atom. The van der Waals surface area contributed by atoms with Crippen LogP contribution in [-0.4, -0.2) is 20.2 Å². The number of aromatic nitrogens is 4. The van der Waals surface area contributed by atoms with Crippen LogP contribution < -0.4 is 5.73 Å². The number of rotatable bonds is 4. The SMILES string of the molecule is CC(C)C(C)(C)Cn1nnnc1-c1cc(N)cc(Br)c1.